The van der Waals surface area contributed by atoms with Gasteiger partial charge in [0.15, 0.2) is 5.82 Å². The summed E-state index contributed by atoms with van der Waals surface area (Å²) in [4.78, 5) is 25.0. The molecule has 32 heavy (non-hydrogen) atoms. The number of carbonyl (C=O) groups excluding carboxylic acids is 1. The predicted octanol–water partition coefficient (Wildman–Crippen LogP) is 3.64. The first-order valence-corrected chi connectivity index (χ1v) is 11.3. The molecule has 1 N–H and O–H groups in total. The lowest BCUT2D eigenvalue weighted by atomic mass is 9.99. The van der Waals surface area contributed by atoms with E-state index in [1.807, 2.05) is 35.9 Å². The zero-order valence-electron chi connectivity index (χ0n) is 19.1. The van der Waals surface area contributed by atoms with Crippen LogP contribution in [0.15, 0.2) is 30.6 Å². The normalized spacial score (nSPS) is 17.5. The van der Waals surface area contributed by atoms with Gasteiger partial charge < -0.3 is 9.88 Å². The summed E-state index contributed by atoms with van der Waals surface area (Å²) in [6.45, 7) is 7.60. The Kier molecular flexibility index (Phi) is 5.04. The lowest BCUT2D eigenvalue weighted by Crippen LogP contribution is -2.24. The molecule has 1 saturated carbocycles. The van der Waals surface area contributed by atoms with Gasteiger partial charge in [0.05, 0.1) is 12.2 Å². The molecule has 0 aromatic carbocycles. The van der Waals surface area contributed by atoms with E-state index in [9.17, 15) is 4.79 Å². The Labute approximate surface area is 188 Å². The standard InChI is InChI=1S/C24H29N7O/c1-5-15(2)31-14-26-29-22(31)18-7-6-8-21(28-18)30-13-17-16(23(30)32)11-20(24(3)9-10-24)27-19(17)12-25-4/h6-8,11,14-15,25H,5,9-10,12-13H2,1-4H3/t15-/m0/s1. The van der Waals surface area contributed by atoms with Crippen molar-refractivity contribution in [2.75, 3.05) is 11.9 Å². The van der Waals surface area contributed by atoms with E-state index in [1.165, 1.54) is 0 Å². The number of amides is 1. The van der Waals surface area contributed by atoms with Crippen LogP contribution < -0.4 is 10.2 Å². The van der Waals surface area contributed by atoms with Crippen LogP contribution in [0.2, 0.25) is 0 Å². The SMILES string of the molecule is CC[C@H](C)n1cnnc1-c1cccc(N2Cc3c(cc(C4(C)CC4)nc3CNC)C2=O)n1. The summed E-state index contributed by atoms with van der Waals surface area (Å²) in [6.07, 6.45) is 4.95. The first-order chi connectivity index (χ1) is 15.4. The highest BCUT2D eigenvalue weighted by molar-refractivity contribution is 6.09. The van der Waals surface area contributed by atoms with Gasteiger partial charge in [-0.2, -0.15) is 0 Å². The van der Waals surface area contributed by atoms with E-state index in [4.69, 9.17) is 9.97 Å². The Balaban J connectivity index is 1.51. The highest BCUT2D eigenvalue weighted by atomic mass is 16.2. The van der Waals surface area contributed by atoms with Crippen LogP contribution in [0.25, 0.3) is 11.5 Å². The first kappa shape index (κ1) is 20.8. The summed E-state index contributed by atoms with van der Waals surface area (Å²) in [5, 5.41) is 11.6. The molecule has 1 amide bonds. The fourth-order valence-electron chi connectivity index (χ4n) is 4.26. The summed E-state index contributed by atoms with van der Waals surface area (Å²) in [6, 6.07) is 7.99. The highest BCUT2D eigenvalue weighted by Gasteiger charge is 2.43. The van der Waals surface area contributed by atoms with Gasteiger partial charge >= 0.3 is 0 Å². The van der Waals surface area contributed by atoms with E-state index in [2.05, 4.69) is 36.3 Å². The molecule has 1 atom stereocenters. The monoisotopic (exact) mass is 431 g/mol. The summed E-state index contributed by atoms with van der Waals surface area (Å²) >= 11 is 0. The molecule has 166 valence electrons. The molecule has 8 heteroatoms. The maximum Gasteiger partial charge on any atom is 0.260 e. The molecule has 2 aliphatic rings. The van der Waals surface area contributed by atoms with Crippen LogP contribution in [-0.4, -0.2) is 37.7 Å². The third-order valence-electron chi connectivity index (χ3n) is 6.84. The van der Waals surface area contributed by atoms with E-state index < -0.39 is 0 Å². The van der Waals surface area contributed by atoms with Crippen LogP contribution >= 0.6 is 0 Å². The first-order valence-electron chi connectivity index (χ1n) is 11.3. The third-order valence-corrected chi connectivity index (χ3v) is 6.84. The number of aromatic nitrogens is 5. The van der Waals surface area contributed by atoms with E-state index in [0.29, 0.717) is 30.4 Å². The summed E-state index contributed by atoms with van der Waals surface area (Å²) < 4.78 is 2.03. The molecule has 0 radical (unpaired) electrons. The summed E-state index contributed by atoms with van der Waals surface area (Å²) in [5.41, 5.74) is 4.54. The zero-order chi connectivity index (χ0) is 22.5. The maximum absolute atomic E-state index is 13.5. The van der Waals surface area contributed by atoms with Crippen LogP contribution in [0.3, 0.4) is 0 Å². The van der Waals surface area contributed by atoms with Crippen molar-refractivity contribution in [2.24, 2.45) is 0 Å². The number of nitrogens with one attached hydrogen (secondary N) is 1. The second kappa shape index (κ2) is 7.78. The van der Waals surface area contributed by atoms with Gasteiger partial charge in [-0.25, -0.2) is 4.98 Å². The minimum Gasteiger partial charge on any atom is -0.314 e. The molecule has 1 aliphatic heterocycles. The van der Waals surface area contributed by atoms with E-state index in [-0.39, 0.29) is 17.4 Å². The molecule has 1 aliphatic carbocycles. The Morgan fingerprint density at radius 3 is 2.78 bits per heavy atom. The number of nitrogens with zero attached hydrogens (tertiary/aromatic N) is 6. The fraction of sp³-hybridized carbons (Fsp3) is 0.458. The summed E-state index contributed by atoms with van der Waals surface area (Å²) in [5.74, 6) is 1.32. The third kappa shape index (κ3) is 3.39. The molecule has 0 unspecified atom stereocenters. The van der Waals surface area contributed by atoms with E-state index >= 15 is 0 Å². The van der Waals surface area contributed by atoms with Crippen molar-refractivity contribution in [3.63, 3.8) is 0 Å². The Hall–Kier alpha value is -3.13. The molecular weight excluding hydrogens is 402 g/mol. The number of anilines is 1. The Morgan fingerprint density at radius 2 is 2.06 bits per heavy atom. The van der Waals surface area contributed by atoms with Crippen LogP contribution in [0.5, 0.6) is 0 Å². The second-order valence-corrected chi connectivity index (χ2v) is 9.16. The zero-order valence-corrected chi connectivity index (χ0v) is 19.1. The van der Waals surface area contributed by atoms with Gasteiger partial charge in [-0.1, -0.05) is 19.9 Å². The second-order valence-electron chi connectivity index (χ2n) is 9.16. The highest BCUT2D eigenvalue weighted by Crippen LogP contribution is 2.47. The van der Waals surface area contributed by atoms with Crippen molar-refractivity contribution in [3.05, 3.63) is 53.1 Å². The van der Waals surface area contributed by atoms with Gasteiger partial charge in [0.25, 0.3) is 5.91 Å². The van der Waals surface area contributed by atoms with Gasteiger partial charge in [-0.05, 0) is 51.4 Å². The predicted molar refractivity (Wildman–Crippen MR) is 122 cm³/mol. The molecular formula is C24H29N7O. The van der Waals surface area contributed by atoms with Crippen LogP contribution in [0.1, 0.15) is 73.4 Å². The van der Waals surface area contributed by atoms with Gasteiger partial charge in [-0.3, -0.25) is 14.7 Å². The van der Waals surface area contributed by atoms with Crippen molar-refractivity contribution in [2.45, 2.75) is 64.6 Å². The Bertz CT molecular complexity index is 1180. The average molecular weight is 432 g/mol. The van der Waals surface area contributed by atoms with Crippen LogP contribution in [0.4, 0.5) is 5.82 Å². The fourth-order valence-corrected chi connectivity index (χ4v) is 4.26. The molecule has 0 bridgehead atoms. The smallest absolute Gasteiger partial charge is 0.260 e. The van der Waals surface area contributed by atoms with Crippen LogP contribution in [0, 0.1) is 0 Å². The van der Waals surface area contributed by atoms with E-state index in [1.54, 1.807) is 11.2 Å². The molecule has 1 fully saturated rings. The molecule has 4 heterocycles. The molecule has 5 rings (SSSR count). The quantitative estimate of drug-likeness (QED) is 0.614. The van der Waals surface area contributed by atoms with Crippen LogP contribution in [-0.2, 0) is 18.5 Å². The number of rotatable bonds is 7. The molecule has 0 spiro atoms. The van der Waals surface area contributed by atoms with Gasteiger partial charge in [0.1, 0.15) is 17.8 Å². The average Bonchev–Trinajstić information content (AvgIpc) is 3.22. The maximum atomic E-state index is 13.5. The van der Waals surface area contributed by atoms with Gasteiger partial charge in [-0.15, -0.1) is 10.2 Å². The number of hydrogen-bond donors (Lipinski definition) is 1. The lowest BCUT2D eigenvalue weighted by molar-refractivity contribution is 0.0996. The number of carbonyl (C=O) groups is 1. The molecule has 0 saturated heterocycles. The lowest BCUT2D eigenvalue weighted by Gasteiger charge is -2.17. The minimum atomic E-state index is -0.0155. The van der Waals surface area contributed by atoms with Crippen molar-refractivity contribution >= 4 is 11.7 Å². The number of pyridine rings is 2. The Morgan fingerprint density at radius 1 is 1.25 bits per heavy atom. The topological polar surface area (TPSA) is 88.8 Å². The van der Waals surface area contributed by atoms with Gasteiger partial charge in [0, 0.05) is 34.8 Å². The largest absolute Gasteiger partial charge is 0.314 e. The van der Waals surface area contributed by atoms with Crippen molar-refractivity contribution in [1.82, 2.24) is 30.0 Å². The molecule has 3 aromatic rings. The van der Waals surface area contributed by atoms with E-state index in [0.717, 1.165) is 41.8 Å². The van der Waals surface area contributed by atoms with Gasteiger partial charge in [0.2, 0.25) is 0 Å². The minimum absolute atomic E-state index is 0.0155. The van der Waals surface area contributed by atoms with Crippen molar-refractivity contribution in [1.29, 1.82) is 0 Å². The number of hydrogen-bond acceptors (Lipinski definition) is 6. The van der Waals surface area contributed by atoms with Crippen molar-refractivity contribution in [3.8, 4) is 11.5 Å². The number of fused-ring (bicyclic) bond motifs is 1. The molecule has 3 aromatic heterocycles. The van der Waals surface area contributed by atoms with Crippen molar-refractivity contribution < 1.29 is 4.79 Å². The molecule has 8 nitrogen and oxygen atoms in total. The summed E-state index contributed by atoms with van der Waals surface area (Å²) in [7, 11) is 1.91.